The van der Waals surface area contributed by atoms with E-state index in [0.29, 0.717) is 38.8 Å². The Morgan fingerprint density at radius 3 is 2.67 bits per heavy atom. The van der Waals surface area contributed by atoms with Crippen LogP contribution in [0.15, 0.2) is 6.07 Å². The number of carbonyl (C=O) groups is 2. The highest BCUT2D eigenvalue weighted by molar-refractivity contribution is 5.78. The molecule has 3 rings (SSSR count). The second-order valence-corrected chi connectivity index (χ2v) is 7.87. The number of nitrogens with zero attached hydrogens (tertiary/aromatic N) is 6. The molecule has 1 fully saturated rings. The summed E-state index contributed by atoms with van der Waals surface area (Å²) in [5.41, 5.74) is 1.85. The third-order valence-corrected chi connectivity index (χ3v) is 5.31. The number of likely N-dealkylation sites (N-methyl/N-ethyl adjacent to an activating group) is 1. The number of likely N-dealkylation sites (tertiary alicyclic amines) is 1. The molecule has 27 heavy (non-hydrogen) atoms. The molecule has 1 N–H and O–H groups in total. The molecule has 1 atom stereocenters. The van der Waals surface area contributed by atoms with Crippen LogP contribution in [-0.4, -0.2) is 102 Å². The zero-order chi connectivity index (χ0) is 19.6. The molecule has 0 bridgehead atoms. The average Bonchev–Trinajstić information content (AvgIpc) is 3.25. The van der Waals surface area contributed by atoms with Gasteiger partial charge >= 0.3 is 6.03 Å². The van der Waals surface area contributed by atoms with E-state index in [1.54, 1.807) is 19.0 Å². The van der Waals surface area contributed by atoms with Crippen LogP contribution in [-0.2, 0) is 24.4 Å². The second kappa shape index (κ2) is 8.26. The minimum absolute atomic E-state index is 0.0129. The zero-order valence-electron chi connectivity index (χ0n) is 16.8. The summed E-state index contributed by atoms with van der Waals surface area (Å²) in [4.78, 5) is 32.2. The first-order valence-electron chi connectivity index (χ1n) is 9.51. The Kier molecular flexibility index (Phi) is 6.01. The fourth-order valence-electron chi connectivity index (χ4n) is 3.68. The third-order valence-electron chi connectivity index (χ3n) is 5.31. The van der Waals surface area contributed by atoms with Crippen LogP contribution in [0.1, 0.15) is 17.8 Å². The molecular weight excluding hydrogens is 346 g/mol. The Hall–Kier alpha value is -2.13. The Morgan fingerprint density at radius 2 is 2.00 bits per heavy atom. The maximum atomic E-state index is 12.2. The molecule has 0 spiro atoms. The van der Waals surface area contributed by atoms with Crippen molar-refractivity contribution in [1.29, 1.82) is 0 Å². The summed E-state index contributed by atoms with van der Waals surface area (Å²) in [6, 6.07) is 2.53. The van der Waals surface area contributed by atoms with Crippen LogP contribution < -0.4 is 5.32 Å². The van der Waals surface area contributed by atoms with E-state index in [9.17, 15) is 9.59 Å². The molecule has 1 aromatic rings. The normalized spacial score (nSPS) is 20.0. The van der Waals surface area contributed by atoms with Gasteiger partial charge in [0.15, 0.2) is 0 Å². The monoisotopic (exact) mass is 377 g/mol. The van der Waals surface area contributed by atoms with Crippen molar-refractivity contribution in [2.45, 2.75) is 32.1 Å². The van der Waals surface area contributed by atoms with Gasteiger partial charge in [0, 0.05) is 39.8 Å². The van der Waals surface area contributed by atoms with Gasteiger partial charge in [0.1, 0.15) is 0 Å². The van der Waals surface area contributed by atoms with Crippen molar-refractivity contribution in [2.24, 2.45) is 0 Å². The van der Waals surface area contributed by atoms with Gasteiger partial charge in [-0.3, -0.25) is 14.4 Å². The lowest BCUT2D eigenvalue weighted by molar-refractivity contribution is -0.122. The smallest absolute Gasteiger partial charge is 0.319 e. The first-order chi connectivity index (χ1) is 12.8. The molecule has 9 nitrogen and oxygen atoms in total. The number of urea groups is 1. The number of carbonyl (C=O) groups excluding carboxylic acids is 2. The van der Waals surface area contributed by atoms with Crippen molar-refractivity contribution in [1.82, 2.24) is 34.7 Å². The van der Waals surface area contributed by atoms with Crippen molar-refractivity contribution in [3.05, 3.63) is 17.5 Å². The van der Waals surface area contributed by atoms with Gasteiger partial charge in [0.2, 0.25) is 5.91 Å². The van der Waals surface area contributed by atoms with E-state index in [4.69, 9.17) is 0 Å². The van der Waals surface area contributed by atoms with Crippen molar-refractivity contribution < 1.29 is 9.59 Å². The summed E-state index contributed by atoms with van der Waals surface area (Å²) in [5.74, 6) is 0.0322. The highest BCUT2D eigenvalue weighted by Crippen LogP contribution is 2.15. The topological polar surface area (TPSA) is 76.9 Å². The van der Waals surface area contributed by atoms with E-state index in [0.717, 1.165) is 30.9 Å². The Labute approximate surface area is 160 Å². The number of amides is 3. The lowest BCUT2D eigenvalue weighted by Gasteiger charge is -2.29. The molecule has 0 aliphatic carbocycles. The largest absolute Gasteiger partial charge is 0.349 e. The maximum absolute atomic E-state index is 12.2. The van der Waals surface area contributed by atoms with Crippen LogP contribution in [0.3, 0.4) is 0 Å². The summed E-state index contributed by atoms with van der Waals surface area (Å²) < 4.78 is 1.93. The predicted octanol–water partition coefficient (Wildman–Crippen LogP) is -0.368. The molecule has 0 aromatic carbocycles. The van der Waals surface area contributed by atoms with E-state index < -0.39 is 0 Å². The Bertz CT molecular complexity index is 685. The van der Waals surface area contributed by atoms with Crippen LogP contribution in [0.5, 0.6) is 0 Å². The van der Waals surface area contributed by atoms with Gasteiger partial charge in [-0.1, -0.05) is 0 Å². The molecule has 1 saturated heterocycles. The van der Waals surface area contributed by atoms with E-state index in [1.807, 2.05) is 15.6 Å². The SMILES string of the molecule is CN(C)C(=O)N1CCn2nc(CNC(=O)CN3CC[C@@H](N(C)C)C3)cc2C1. The molecule has 2 aliphatic rings. The summed E-state index contributed by atoms with van der Waals surface area (Å²) in [6.45, 7) is 4.65. The van der Waals surface area contributed by atoms with Gasteiger partial charge in [-0.2, -0.15) is 5.10 Å². The summed E-state index contributed by atoms with van der Waals surface area (Å²) >= 11 is 0. The van der Waals surface area contributed by atoms with Crippen molar-refractivity contribution >= 4 is 11.9 Å². The van der Waals surface area contributed by atoms with Crippen molar-refractivity contribution in [3.8, 4) is 0 Å². The molecule has 0 radical (unpaired) electrons. The molecule has 3 heterocycles. The number of hydrogen-bond acceptors (Lipinski definition) is 5. The van der Waals surface area contributed by atoms with Gasteiger partial charge in [-0.15, -0.1) is 0 Å². The highest BCUT2D eigenvalue weighted by atomic mass is 16.2. The van der Waals surface area contributed by atoms with E-state index >= 15 is 0 Å². The fraction of sp³-hybridized carbons (Fsp3) is 0.722. The molecule has 150 valence electrons. The Morgan fingerprint density at radius 1 is 1.22 bits per heavy atom. The molecule has 9 heteroatoms. The summed E-state index contributed by atoms with van der Waals surface area (Å²) in [5, 5.41) is 7.53. The van der Waals surface area contributed by atoms with E-state index in [-0.39, 0.29) is 11.9 Å². The maximum Gasteiger partial charge on any atom is 0.319 e. The lowest BCUT2D eigenvalue weighted by Crippen LogP contribution is -2.43. The minimum atomic E-state index is 0.0129. The molecule has 3 amide bonds. The molecule has 0 saturated carbocycles. The average molecular weight is 377 g/mol. The summed E-state index contributed by atoms with van der Waals surface area (Å²) in [7, 11) is 7.69. The molecule has 0 unspecified atom stereocenters. The summed E-state index contributed by atoms with van der Waals surface area (Å²) in [6.07, 6.45) is 1.11. The first kappa shape index (κ1) is 19.6. The second-order valence-electron chi connectivity index (χ2n) is 7.87. The van der Waals surface area contributed by atoms with Gasteiger partial charge in [-0.25, -0.2) is 4.79 Å². The quantitative estimate of drug-likeness (QED) is 0.758. The zero-order valence-corrected chi connectivity index (χ0v) is 16.8. The number of rotatable bonds is 5. The number of aromatic nitrogens is 2. The van der Waals surface area contributed by atoms with Crippen LogP contribution in [0.4, 0.5) is 4.79 Å². The lowest BCUT2D eigenvalue weighted by atomic mass is 10.2. The van der Waals surface area contributed by atoms with Crippen molar-refractivity contribution in [3.63, 3.8) is 0 Å². The minimum Gasteiger partial charge on any atom is -0.349 e. The van der Waals surface area contributed by atoms with Crippen LogP contribution >= 0.6 is 0 Å². The van der Waals surface area contributed by atoms with Gasteiger partial charge < -0.3 is 20.0 Å². The van der Waals surface area contributed by atoms with Crippen LogP contribution in [0.25, 0.3) is 0 Å². The first-order valence-corrected chi connectivity index (χ1v) is 9.51. The van der Waals surface area contributed by atoms with Crippen LogP contribution in [0.2, 0.25) is 0 Å². The molecule has 2 aliphatic heterocycles. The predicted molar refractivity (Wildman–Crippen MR) is 102 cm³/mol. The number of nitrogens with one attached hydrogen (secondary N) is 1. The third kappa shape index (κ3) is 4.78. The van der Waals surface area contributed by atoms with E-state index in [2.05, 4.69) is 34.3 Å². The van der Waals surface area contributed by atoms with Crippen LogP contribution in [0, 0.1) is 0 Å². The standard InChI is InChI=1S/C18H31N7O2/c1-21(2)15-5-6-23(11-15)13-17(26)19-10-14-9-16-12-24(18(27)22(3)4)7-8-25(16)20-14/h9,15H,5-8,10-13H2,1-4H3,(H,19,26)/t15-/m1/s1. The Balaban J connectivity index is 1.47. The molecule has 1 aromatic heterocycles. The van der Waals surface area contributed by atoms with Gasteiger partial charge in [-0.05, 0) is 26.6 Å². The number of fused-ring (bicyclic) bond motifs is 1. The van der Waals surface area contributed by atoms with Gasteiger partial charge in [0.05, 0.1) is 37.6 Å². The van der Waals surface area contributed by atoms with Gasteiger partial charge in [0.25, 0.3) is 0 Å². The van der Waals surface area contributed by atoms with Crippen molar-refractivity contribution in [2.75, 3.05) is 54.4 Å². The number of hydrogen-bond donors (Lipinski definition) is 1. The molecular formula is C18H31N7O2. The fourth-order valence-corrected chi connectivity index (χ4v) is 3.68. The highest BCUT2D eigenvalue weighted by Gasteiger charge is 2.26. The van der Waals surface area contributed by atoms with E-state index in [1.165, 1.54) is 0 Å².